The zero-order chi connectivity index (χ0) is 15.4. The maximum absolute atomic E-state index is 6.05. The summed E-state index contributed by atoms with van der Waals surface area (Å²) in [6.45, 7) is 4.93. The summed E-state index contributed by atoms with van der Waals surface area (Å²) in [5.74, 6) is 0. The van der Waals surface area contributed by atoms with Gasteiger partial charge in [-0.15, -0.1) is 0 Å². The zero-order valence-electron chi connectivity index (χ0n) is 12.9. The van der Waals surface area contributed by atoms with Crippen molar-refractivity contribution < 1.29 is 0 Å². The van der Waals surface area contributed by atoms with Crippen LogP contribution in [0, 0.1) is 6.92 Å². The van der Waals surface area contributed by atoms with Crippen molar-refractivity contribution in [3.8, 4) is 0 Å². The molecular formula is C18H23ClN2. The second kappa shape index (κ2) is 7.08. The van der Waals surface area contributed by atoms with Gasteiger partial charge >= 0.3 is 0 Å². The molecule has 2 atom stereocenters. The molecule has 0 heterocycles. The van der Waals surface area contributed by atoms with Crippen LogP contribution in [0.5, 0.6) is 0 Å². The van der Waals surface area contributed by atoms with Crippen LogP contribution in [0.4, 0.5) is 0 Å². The number of rotatable bonds is 5. The fourth-order valence-electron chi connectivity index (χ4n) is 2.72. The summed E-state index contributed by atoms with van der Waals surface area (Å²) in [4.78, 5) is 2.32. The van der Waals surface area contributed by atoms with Crippen LogP contribution in [0.2, 0.25) is 5.02 Å². The van der Waals surface area contributed by atoms with Crippen molar-refractivity contribution in [1.82, 2.24) is 4.90 Å². The second-order valence-corrected chi connectivity index (χ2v) is 5.94. The molecule has 2 N–H and O–H groups in total. The third-order valence-electron chi connectivity index (χ3n) is 4.23. The van der Waals surface area contributed by atoms with Crippen LogP contribution in [0.1, 0.15) is 35.7 Å². The standard InChI is InChI=1S/C18H23ClN2/c1-13-6-4-5-7-17(13)18(12-20)21(3)14(2)15-8-10-16(19)11-9-15/h4-11,14,18H,12,20H2,1-3H3. The van der Waals surface area contributed by atoms with Crippen molar-refractivity contribution >= 4 is 11.6 Å². The molecule has 2 rings (SSSR count). The SMILES string of the molecule is Cc1ccccc1C(CN)N(C)C(C)c1ccc(Cl)cc1. The lowest BCUT2D eigenvalue weighted by Crippen LogP contribution is -2.33. The summed E-state index contributed by atoms with van der Waals surface area (Å²) in [5, 5.41) is 0.767. The molecule has 2 aromatic rings. The molecule has 21 heavy (non-hydrogen) atoms. The Bertz CT molecular complexity index is 580. The molecule has 0 aliphatic carbocycles. The van der Waals surface area contributed by atoms with E-state index in [0.29, 0.717) is 6.54 Å². The second-order valence-electron chi connectivity index (χ2n) is 5.50. The van der Waals surface area contributed by atoms with E-state index in [1.165, 1.54) is 16.7 Å². The van der Waals surface area contributed by atoms with Crippen molar-refractivity contribution in [3.05, 3.63) is 70.2 Å². The predicted molar refractivity (Wildman–Crippen MR) is 90.6 cm³/mol. The molecule has 0 saturated heterocycles. The van der Waals surface area contributed by atoms with Crippen molar-refractivity contribution in [1.29, 1.82) is 0 Å². The lowest BCUT2D eigenvalue weighted by molar-refractivity contribution is 0.190. The van der Waals surface area contributed by atoms with Crippen LogP contribution >= 0.6 is 11.6 Å². The summed E-state index contributed by atoms with van der Waals surface area (Å²) in [6, 6.07) is 17.0. The summed E-state index contributed by atoms with van der Waals surface area (Å²) in [6.07, 6.45) is 0. The molecule has 2 unspecified atom stereocenters. The van der Waals surface area contributed by atoms with Crippen LogP contribution in [0.25, 0.3) is 0 Å². The molecule has 0 aliphatic heterocycles. The summed E-state index contributed by atoms with van der Waals surface area (Å²) >= 11 is 5.97. The quantitative estimate of drug-likeness (QED) is 0.890. The predicted octanol–water partition coefficient (Wildman–Crippen LogP) is 4.34. The van der Waals surface area contributed by atoms with E-state index in [1.54, 1.807) is 0 Å². The highest BCUT2D eigenvalue weighted by atomic mass is 35.5. The monoisotopic (exact) mass is 302 g/mol. The number of hydrogen-bond donors (Lipinski definition) is 1. The summed E-state index contributed by atoms with van der Waals surface area (Å²) < 4.78 is 0. The van der Waals surface area contributed by atoms with Crippen LogP contribution < -0.4 is 5.73 Å². The summed E-state index contributed by atoms with van der Waals surface area (Å²) in [5.41, 5.74) is 9.87. The highest BCUT2D eigenvalue weighted by molar-refractivity contribution is 6.30. The molecule has 0 aliphatic rings. The van der Waals surface area contributed by atoms with Gasteiger partial charge in [0.15, 0.2) is 0 Å². The minimum atomic E-state index is 0.205. The summed E-state index contributed by atoms with van der Waals surface area (Å²) in [7, 11) is 2.13. The number of nitrogens with two attached hydrogens (primary N) is 1. The molecule has 0 fully saturated rings. The van der Waals surface area contributed by atoms with Crippen molar-refractivity contribution in [3.63, 3.8) is 0 Å². The first-order valence-electron chi connectivity index (χ1n) is 7.27. The topological polar surface area (TPSA) is 29.3 Å². The van der Waals surface area contributed by atoms with Gasteiger partial charge in [0.2, 0.25) is 0 Å². The molecule has 0 aromatic heterocycles. The lowest BCUT2D eigenvalue weighted by Gasteiger charge is -2.34. The molecule has 0 radical (unpaired) electrons. The Balaban J connectivity index is 2.25. The Kier molecular flexibility index (Phi) is 5.40. The van der Waals surface area contributed by atoms with Gasteiger partial charge in [0, 0.05) is 23.7 Å². The van der Waals surface area contributed by atoms with E-state index < -0.39 is 0 Å². The van der Waals surface area contributed by atoms with Crippen LogP contribution in [-0.4, -0.2) is 18.5 Å². The van der Waals surface area contributed by atoms with E-state index in [9.17, 15) is 0 Å². The van der Waals surface area contributed by atoms with Crippen LogP contribution in [-0.2, 0) is 0 Å². The van der Waals surface area contributed by atoms with E-state index in [2.05, 4.69) is 62.2 Å². The maximum atomic E-state index is 6.05. The van der Waals surface area contributed by atoms with Crippen molar-refractivity contribution in [2.75, 3.05) is 13.6 Å². The number of hydrogen-bond acceptors (Lipinski definition) is 2. The minimum Gasteiger partial charge on any atom is -0.329 e. The Morgan fingerprint density at radius 3 is 2.29 bits per heavy atom. The molecule has 3 heteroatoms. The van der Waals surface area contributed by atoms with Gasteiger partial charge in [0.05, 0.1) is 0 Å². The lowest BCUT2D eigenvalue weighted by atomic mass is 9.97. The number of halogens is 1. The highest BCUT2D eigenvalue weighted by Crippen LogP contribution is 2.30. The Hall–Kier alpha value is -1.35. The smallest absolute Gasteiger partial charge is 0.0476 e. The molecule has 0 bridgehead atoms. The maximum Gasteiger partial charge on any atom is 0.0476 e. The average molecular weight is 303 g/mol. The van der Waals surface area contributed by atoms with Gasteiger partial charge in [-0.2, -0.15) is 0 Å². The van der Waals surface area contributed by atoms with Crippen molar-refractivity contribution in [2.45, 2.75) is 25.9 Å². The molecule has 112 valence electrons. The minimum absolute atomic E-state index is 0.205. The van der Waals surface area contributed by atoms with E-state index in [-0.39, 0.29) is 12.1 Å². The van der Waals surface area contributed by atoms with Gasteiger partial charge in [0.1, 0.15) is 0 Å². The third-order valence-corrected chi connectivity index (χ3v) is 4.48. The largest absolute Gasteiger partial charge is 0.329 e. The first kappa shape index (κ1) is 16.0. The molecule has 2 nitrogen and oxygen atoms in total. The third kappa shape index (κ3) is 3.65. The molecule has 0 spiro atoms. The zero-order valence-corrected chi connectivity index (χ0v) is 13.6. The fraction of sp³-hybridized carbons (Fsp3) is 0.333. The molecule has 0 saturated carbocycles. The number of likely N-dealkylation sites (N-methyl/N-ethyl adjacent to an activating group) is 1. The Morgan fingerprint density at radius 1 is 1.10 bits per heavy atom. The van der Waals surface area contributed by atoms with Gasteiger partial charge in [-0.25, -0.2) is 0 Å². The van der Waals surface area contributed by atoms with Gasteiger partial charge < -0.3 is 5.73 Å². The fourth-order valence-corrected chi connectivity index (χ4v) is 2.85. The molecular weight excluding hydrogens is 280 g/mol. The number of benzene rings is 2. The first-order chi connectivity index (χ1) is 10.0. The van der Waals surface area contributed by atoms with Crippen LogP contribution in [0.15, 0.2) is 48.5 Å². The Morgan fingerprint density at radius 2 is 1.71 bits per heavy atom. The van der Waals surface area contributed by atoms with Crippen LogP contribution in [0.3, 0.4) is 0 Å². The van der Waals surface area contributed by atoms with Gasteiger partial charge in [-0.1, -0.05) is 48.0 Å². The van der Waals surface area contributed by atoms with Gasteiger partial charge in [-0.05, 0) is 49.7 Å². The molecule has 2 aromatic carbocycles. The molecule has 0 amide bonds. The van der Waals surface area contributed by atoms with Crippen molar-refractivity contribution in [2.24, 2.45) is 5.73 Å². The number of aryl methyl sites for hydroxylation is 1. The normalized spacial score (nSPS) is 14.2. The van der Waals surface area contributed by atoms with E-state index in [1.807, 2.05) is 12.1 Å². The van der Waals surface area contributed by atoms with Gasteiger partial charge in [-0.3, -0.25) is 4.90 Å². The highest BCUT2D eigenvalue weighted by Gasteiger charge is 2.22. The Labute approximate surface area is 132 Å². The van der Waals surface area contributed by atoms with E-state index in [4.69, 9.17) is 17.3 Å². The van der Waals surface area contributed by atoms with E-state index in [0.717, 1.165) is 5.02 Å². The first-order valence-corrected chi connectivity index (χ1v) is 7.65. The average Bonchev–Trinajstić information content (AvgIpc) is 2.50. The number of nitrogens with zero attached hydrogens (tertiary/aromatic N) is 1. The van der Waals surface area contributed by atoms with Gasteiger partial charge in [0.25, 0.3) is 0 Å². The van der Waals surface area contributed by atoms with E-state index >= 15 is 0 Å².